The lowest BCUT2D eigenvalue weighted by molar-refractivity contribution is -0.141. The van der Waals surface area contributed by atoms with Gasteiger partial charge in [0.1, 0.15) is 6.04 Å². The van der Waals surface area contributed by atoms with Gasteiger partial charge in [0.15, 0.2) is 0 Å². The summed E-state index contributed by atoms with van der Waals surface area (Å²) < 4.78 is 0. The number of carboxylic acid groups (broad SMARTS) is 2. The van der Waals surface area contributed by atoms with E-state index in [0.717, 1.165) is 12.0 Å². The first-order chi connectivity index (χ1) is 12.4. The van der Waals surface area contributed by atoms with Crippen molar-refractivity contribution in [2.75, 3.05) is 6.54 Å². The van der Waals surface area contributed by atoms with Gasteiger partial charge in [0.2, 0.25) is 5.91 Å². The number of nitrogens with zero attached hydrogens (tertiary/aromatic N) is 1. The number of carboxylic acids is 2. The molecule has 1 heterocycles. The molecular weight excluding hydrogens is 336 g/mol. The lowest BCUT2D eigenvalue weighted by atomic mass is 10.0. The molecule has 1 aromatic carbocycles. The Hall–Kier alpha value is -2.41. The highest BCUT2D eigenvalue weighted by Gasteiger charge is 2.34. The van der Waals surface area contributed by atoms with E-state index in [1.54, 1.807) is 11.8 Å². The van der Waals surface area contributed by atoms with Crippen molar-refractivity contribution in [2.24, 2.45) is 0 Å². The number of amides is 1. The van der Waals surface area contributed by atoms with E-state index in [1.807, 2.05) is 30.3 Å². The Morgan fingerprint density at radius 2 is 1.92 bits per heavy atom. The zero-order valence-electron chi connectivity index (χ0n) is 14.9. The zero-order chi connectivity index (χ0) is 19.1. The van der Waals surface area contributed by atoms with Crippen LogP contribution in [-0.2, 0) is 20.8 Å². The third kappa shape index (κ3) is 5.56. The SMILES string of the molecule is C[C@H](N[C@@H](CCc1ccccc1)C(=O)O)C(=O)N1CCC[C@H]1CC(=O)O. The van der Waals surface area contributed by atoms with Gasteiger partial charge >= 0.3 is 11.9 Å². The van der Waals surface area contributed by atoms with Crippen LogP contribution >= 0.6 is 0 Å². The maximum atomic E-state index is 12.6. The average molecular weight is 362 g/mol. The summed E-state index contributed by atoms with van der Waals surface area (Å²) in [6.45, 7) is 2.15. The summed E-state index contributed by atoms with van der Waals surface area (Å²) in [6, 6.07) is 7.76. The van der Waals surface area contributed by atoms with Crippen LogP contribution in [0.3, 0.4) is 0 Å². The predicted molar refractivity (Wildman–Crippen MR) is 95.8 cm³/mol. The number of rotatable bonds is 9. The Balaban J connectivity index is 1.93. The highest BCUT2D eigenvalue weighted by Crippen LogP contribution is 2.21. The van der Waals surface area contributed by atoms with Crippen molar-refractivity contribution in [1.82, 2.24) is 10.2 Å². The van der Waals surface area contributed by atoms with Gasteiger partial charge in [0.25, 0.3) is 0 Å². The number of likely N-dealkylation sites (tertiary alicyclic amines) is 1. The molecule has 1 amide bonds. The summed E-state index contributed by atoms with van der Waals surface area (Å²) in [7, 11) is 0. The van der Waals surface area contributed by atoms with Gasteiger partial charge < -0.3 is 15.1 Å². The molecule has 142 valence electrons. The standard InChI is InChI=1S/C19H26N2O5/c1-13(18(24)21-11-5-8-15(21)12-17(22)23)20-16(19(25)26)10-9-14-6-3-2-4-7-14/h2-4,6-7,13,15-16,20H,5,8-12H2,1H3,(H,22,23)(H,25,26)/t13-,15-,16-/m0/s1. The first-order valence-corrected chi connectivity index (χ1v) is 8.93. The fraction of sp³-hybridized carbons (Fsp3) is 0.526. The first kappa shape index (κ1) is 19.9. The molecule has 1 aliphatic rings. The second-order valence-corrected chi connectivity index (χ2v) is 6.73. The third-order valence-electron chi connectivity index (χ3n) is 4.75. The molecular formula is C19H26N2O5. The fourth-order valence-electron chi connectivity index (χ4n) is 3.40. The van der Waals surface area contributed by atoms with E-state index in [4.69, 9.17) is 5.11 Å². The highest BCUT2D eigenvalue weighted by atomic mass is 16.4. The van der Waals surface area contributed by atoms with Crippen LogP contribution in [-0.4, -0.2) is 57.6 Å². The number of aryl methyl sites for hydroxylation is 1. The van der Waals surface area contributed by atoms with Crippen LogP contribution < -0.4 is 5.32 Å². The molecule has 0 radical (unpaired) electrons. The van der Waals surface area contributed by atoms with Crippen molar-refractivity contribution in [3.8, 4) is 0 Å². The molecule has 2 rings (SSSR count). The van der Waals surface area contributed by atoms with E-state index in [1.165, 1.54) is 0 Å². The minimum atomic E-state index is -0.996. The number of carbonyl (C=O) groups excluding carboxylic acids is 1. The van der Waals surface area contributed by atoms with Crippen LogP contribution in [0.25, 0.3) is 0 Å². The summed E-state index contributed by atoms with van der Waals surface area (Å²) in [6.07, 6.45) is 2.33. The largest absolute Gasteiger partial charge is 0.481 e. The summed E-state index contributed by atoms with van der Waals surface area (Å²) in [5, 5.41) is 21.3. The van der Waals surface area contributed by atoms with Crippen molar-refractivity contribution in [2.45, 2.75) is 57.2 Å². The lowest BCUT2D eigenvalue weighted by Crippen LogP contribution is -2.52. The second-order valence-electron chi connectivity index (χ2n) is 6.73. The number of hydrogen-bond donors (Lipinski definition) is 3. The number of carbonyl (C=O) groups is 3. The molecule has 1 aromatic rings. The first-order valence-electron chi connectivity index (χ1n) is 8.93. The fourth-order valence-corrected chi connectivity index (χ4v) is 3.40. The number of aliphatic carboxylic acids is 2. The normalized spacial score (nSPS) is 19.1. The number of benzene rings is 1. The minimum Gasteiger partial charge on any atom is -0.481 e. The minimum absolute atomic E-state index is 0.0746. The smallest absolute Gasteiger partial charge is 0.320 e. The lowest BCUT2D eigenvalue weighted by Gasteiger charge is -2.28. The van der Waals surface area contributed by atoms with Gasteiger partial charge in [0.05, 0.1) is 12.5 Å². The molecule has 1 fully saturated rings. The van der Waals surface area contributed by atoms with Crippen LogP contribution in [0.5, 0.6) is 0 Å². The summed E-state index contributed by atoms with van der Waals surface area (Å²) in [5.41, 5.74) is 1.04. The molecule has 0 unspecified atom stereocenters. The van der Waals surface area contributed by atoms with Crippen LogP contribution in [0.1, 0.15) is 38.2 Å². The molecule has 7 nitrogen and oxygen atoms in total. The van der Waals surface area contributed by atoms with Crippen molar-refractivity contribution in [3.63, 3.8) is 0 Å². The van der Waals surface area contributed by atoms with Gasteiger partial charge in [-0.05, 0) is 38.2 Å². The topological polar surface area (TPSA) is 107 Å². The molecule has 0 aromatic heterocycles. The van der Waals surface area contributed by atoms with Crippen LogP contribution in [0.2, 0.25) is 0 Å². The van der Waals surface area contributed by atoms with Crippen molar-refractivity contribution in [3.05, 3.63) is 35.9 Å². The molecule has 1 aliphatic heterocycles. The van der Waals surface area contributed by atoms with Crippen LogP contribution in [0, 0.1) is 0 Å². The number of hydrogen-bond acceptors (Lipinski definition) is 4. The summed E-state index contributed by atoms with van der Waals surface area (Å²) in [4.78, 5) is 36.7. The van der Waals surface area contributed by atoms with Gasteiger partial charge in [-0.15, -0.1) is 0 Å². The molecule has 1 saturated heterocycles. The van der Waals surface area contributed by atoms with Crippen LogP contribution in [0.15, 0.2) is 30.3 Å². The number of nitrogens with one attached hydrogen (secondary N) is 1. The molecule has 3 atom stereocenters. The molecule has 26 heavy (non-hydrogen) atoms. The average Bonchev–Trinajstić information content (AvgIpc) is 3.05. The molecule has 7 heteroatoms. The van der Waals surface area contributed by atoms with Gasteiger partial charge in [-0.1, -0.05) is 30.3 Å². The maximum absolute atomic E-state index is 12.6. The van der Waals surface area contributed by atoms with E-state index in [0.29, 0.717) is 25.8 Å². The monoisotopic (exact) mass is 362 g/mol. The molecule has 0 saturated carbocycles. The molecule has 0 bridgehead atoms. The Labute approximate surface area is 153 Å². The molecule has 0 aliphatic carbocycles. The molecule has 0 spiro atoms. The van der Waals surface area contributed by atoms with E-state index in [2.05, 4.69) is 5.32 Å². The van der Waals surface area contributed by atoms with Crippen molar-refractivity contribution < 1.29 is 24.6 Å². The second kappa shape index (κ2) is 9.33. The Bertz CT molecular complexity index is 634. The van der Waals surface area contributed by atoms with Crippen LogP contribution in [0.4, 0.5) is 0 Å². The molecule has 3 N–H and O–H groups in total. The Morgan fingerprint density at radius 3 is 2.54 bits per heavy atom. The van der Waals surface area contributed by atoms with Gasteiger partial charge in [0, 0.05) is 12.6 Å². The van der Waals surface area contributed by atoms with Gasteiger partial charge in [-0.3, -0.25) is 19.7 Å². The predicted octanol–water partition coefficient (Wildman–Crippen LogP) is 1.52. The summed E-state index contributed by atoms with van der Waals surface area (Å²) >= 11 is 0. The summed E-state index contributed by atoms with van der Waals surface area (Å²) in [5.74, 6) is -2.16. The van der Waals surface area contributed by atoms with E-state index in [-0.39, 0.29) is 18.4 Å². The zero-order valence-corrected chi connectivity index (χ0v) is 14.9. The Morgan fingerprint density at radius 1 is 1.23 bits per heavy atom. The maximum Gasteiger partial charge on any atom is 0.320 e. The van der Waals surface area contributed by atoms with Gasteiger partial charge in [-0.2, -0.15) is 0 Å². The van der Waals surface area contributed by atoms with Crippen molar-refractivity contribution in [1.29, 1.82) is 0 Å². The highest BCUT2D eigenvalue weighted by molar-refractivity contribution is 5.84. The van der Waals surface area contributed by atoms with Crippen molar-refractivity contribution >= 4 is 17.8 Å². The Kier molecular flexibility index (Phi) is 7.15. The van der Waals surface area contributed by atoms with E-state index in [9.17, 15) is 19.5 Å². The van der Waals surface area contributed by atoms with E-state index >= 15 is 0 Å². The van der Waals surface area contributed by atoms with Gasteiger partial charge in [-0.25, -0.2) is 0 Å². The van der Waals surface area contributed by atoms with E-state index < -0.39 is 24.0 Å². The quantitative estimate of drug-likeness (QED) is 0.615. The third-order valence-corrected chi connectivity index (χ3v) is 4.75.